The number of rotatable bonds is 4. The second-order valence-electron chi connectivity index (χ2n) is 6.97. The van der Waals surface area contributed by atoms with E-state index in [9.17, 15) is 19.7 Å². The summed E-state index contributed by atoms with van der Waals surface area (Å²) in [6.45, 7) is 3.58. The molecule has 8 nitrogen and oxygen atoms in total. The van der Waals surface area contributed by atoms with Crippen LogP contribution in [0.25, 0.3) is 0 Å². The van der Waals surface area contributed by atoms with E-state index in [4.69, 9.17) is 0 Å². The number of aryl methyl sites for hydroxylation is 1. The molecule has 0 saturated heterocycles. The molecule has 28 heavy (non-hydrogen) atoms. The van der Waals surface area contributed by atoms with Gasteiger partial charge in [-0.1, -0.05) is 12.1 Å². The van der Waals surface area contributed by atoms with Gasteiger partial charge in [-0.2, -0.15) is 0 Å². The highest BCUT2D eigenvalue weighted by Gasteiger charge is 2.30. The normalized spacial score (nSPS) is 16.0. The smallest absolute Gasteiger partial charge is 0.272 e. The molecule has 0 saturated carbocycles. The minimum atomic E-state index is -0.426. The molecule has 0 spiro atoms. The minimum absolute atomic E-state index is 0.0446. The minimum Gasteiger partial charge on any atom is -0.365 e. The van der Waals surface area contributed by atoms with Crippen molar-refractivity contribution in [2.45, 2.75) is 26.3 Å². The Morgan fingerprint density at radius 3 is 2.71 bits per heavy atom. The molecule has 3 rings (SSSR count). The third kappa shape index (κ3) is 3.80. The topological polar surface area (TPSA) is 95.8 Å². The molecule has 0 aliphatic carbocycles. The van der Waals surface area contributed by atoms with E-state index in [-0.39, 0.29) is 36.5 Å². The van der Waals surface area contributed by atoms with Crippen molar-refractivity contribution in [3.63, 3.8) is 0 Å². The van der Waals surface area contributed by atoms with E-state index < -0.39 is 4.92 Å². The lowest BCUT2D eigenvalue weighted by Gasteiger charge is -2.30. The summed E-state index contributed by atoms with van der Waals surface area (Å²) in [5.74, 6) is -0.287. The number of carbonyl (C=O) groups is 2. The van der Waals surface area contributed by atoms with Crippen LogP contribution in [0, 0.1) is 17.0 Å². The summed E-state index contributed by atoms with van der Waals surface area (Å²) in [7, 11) is 1.76. The van der Waals surface area contributed by atoms with Gasteiger partial charge in [-0.3, -0.25) is 19.7 Å². The summed E-state index contributed by atoms with van der Waals surface area (Å²) in [5, 5.41) is 13.8. The number of nitro benzene ring substituents is 1. The molecule has 1 atom stereocenters. The summed E-state index contributed by atoms with van der Waals surface area (Å²) in [6, 6.07) is 11.7. The zero-order chi connectivity index (χ0) is 20.4. The van der Waals surface area contributed by atoms with Crippen molar-refractivity contribution in [2.24, 2.45) is 0 Å². The van der Waals surface area contributed by atoms with Crippen molar-refractivity contribution < 1.29 is 14.5 Å². The summed E-state index contributed by atoms with van der Waals surface area (Å²) in [4.78, 5) is 39.1. The molecule has 2 aromatic carbocycles. The fourth-order valence-electron chi connectivity index (χ4n) is 3.42. The highest BCUT2D eigenvalue weighted by molar-refractivity contribution is 6.05. The van der Waals surface area contributed by atoms with Crippen molar-refractivity contribution in [3.05, 3.63) is 58.1 Å². The SMILES string of the molecule is Cc1cc(N(C)CC(=O)N2c3ccccc3NC(=O)C[C@@H]2C)ccc1[N+](=O)[O-]. The van der Waals surface area contributed by atoms with Gasteiger partial charge in [0.2, 0.25) is 11.8 Å². The predicted octanol–water partition coefficient (Wildman–Crippen LogP) is 3.10. The third-order valence-electron chi connectivity index (χ3n) is 4.82. The van der Waals surface area contributed by atoms with Gasteiger partial charge in [0.1, 0.15) is 0 Å². The molecular formula is C20H22N4O4. The number of nitrogens with one attached hydrogen (secondary N) is 1. The predicted molar refractivity (Wildman–Crippen MR) is 108 cm³/mol. The van der Waals surface area contributed by atoms with Crippen LogP contribution in [0.15, 0.2) is 42.5 Å². The maximum Gasteiger partial charge on any atom is 0.272 e. The number of amides is 2. The van der Waals surface area contributed by atoms with Crippen molar-refractivity contribution in [2.75, 3.05) is 28.7 Å². The van der Waals surface area contributed by atoms with Gasteiger partial charge in [0.15, 0.2) is 0 Å². The zero-order valence-electron chi connectivity index (χ0n) is 16.0. The molecule has 0 fully saturated rings. The number of anilines is 3. The molecular weight excluding hydrogens is 360 g/mol. The number of carbonyl (C=O) groups excluding carboxylic acids is 2. The molecule has 0 radical (unpaired) electrons. The highest BCUT2D eigenvalue weighted by Crippen LogP contribution is 2.31. The van der Waals surface area contributed by atoms with Crippen LogP contribution in [0.2, 0.25) is 0 Å². The van der Waals surface area contributed by atoms with E-state index in [1.54, 1.807) is 42.0 Å². The number of nitro groups is 1. The van der Waals surface area contributed by atoms with Crippen molar-refractivity contribution in [1.29, 1.82) is 0 Å². The van der Waals surface area contributed by atoms with Crippen LogP contribution in [0.5, 0.6) is 0 Å². The number of nitrogens with zero attached hydrogens (tertiary/aromatic N) is 3. The highest BCUT2D eigenvalue weighted by atomic mass is 16.6. The first kappa shape index (κ1) is 19.3. The van der Waals surface area contributed by atoms with E-state index in [0.717, 1.165) is 0 Å². The number of para-hydroxylation sites is 2. The molecule has 1 aliphatic rings. The van der Waals surface area contributed by atoms with E-state index in [0.29, 0.717) is 22.6 Å². The Kier molecular flexibility index (Phi) is 5.30. The summed E-state index contributed by atoms with van der Waals surface area (Å²) in [5.41, 5.74) is 2.56. The number of benzene rings is 2. The van der Waals surface area contributed by atoms with Crippen LogP contribution < -0.4 is 15.1 Å². The lowest BCUT2D eigenvalue weighted by molar-refractivity contribution is -0.385. The lowest BCUT2D eigenvalue weighted by Crippen LogP contribution is -2.44. The Hall–Kier alpha value is -3.42. The number of fused-ring (bicyclic) bond motifs is 1. The van der Waals surface area contributed by atoms with E-state index in [2.05, 4.69) is 5.32 Å². The first-order valence-electron chi connectivity index (χ1n) is 8.95. The van der Waals surface area contributed by atoms with Gasteiger partial charge in [-0.05, 0) is 38.1 Å². The van der Waals surface area contributed by atoms with Gasteiger partial charge >= 0.3 is 0 Å². The maximum atomic E-state index is 13.1. The van der Waals surface area contributed by atoms with Gasteiger partial charge in [-0.15, -0.1) is 0 Å². The molecule has 2 amide bonds. The Morgan fingerprint density at radius 1 is 1.32 bits per heavy atom. The van der Waals surface area contributed by atoms with Crippen LogP contribution in [-0.2, 0) is 9.59 Å². The number of likely N-dealkylation sites (N-methyl/N-ethyl adjacent to an activating group) is 1. The maximum absolute atomic E-state index is 13.1. The second-order valence-corrected chi connectivity index (χ2v) is 6.97. The third-order valence-corrected chi connectivity index (χ3v) is 4.82. The average molecular weight is 382 g/mol. The van der Waals surface area contributed by atoms with Crippen LogP contribution >= 0.6 is 0 Å². The molecule has 0 aromatic heterocycles. The molecule has 8 heteroatoms. The van der Waals surface area contributed by atoms with Gasteiger partial charge in [-0.25, -0.2) is 0 Å². The van der Waals surface area contributed by atoms with Crippen LogP contribution in [0.1, 0.15) is 18.9 Å². The quantitative estimate of drug-likeness (QED) is 0.647. The van der Waals surface area contributed by atoms with Crippen molar-refractivity contribution in [3.8, 4) is 0 Å². The van der Waals surface area contributed by atoms with E-state index in [1.807, 2.05) is 25.1 Å². The summed E-state index contributed by atoms with van der Waals surface area (Å²) < 4.78 is 0. The molecule has 1 heterocycles. The zero-order valence-corrected chi connectivity index (χ0v) is 16.0. The first-order valence-corrected chi connectivity index (χ1v) is 8.95. The fourth-order valence-corrected chi connectivity index (χ4v) is 3.42. The molecule has 0 unspecified atom stereocenters. The molecule has 1 aliphatic heterocycles. The van der Waals surface area contributed by atoms with E-state index in [1.165, 1.54) is 6.07 Å². The van der Waals surface area contributed by atoms with Gasteiger partial charge < -0.3 is 15.1 Å². The van der Waals surface area contributed by atoms with Gasteiger partial charge in [0, 0.05) is 36.8 Å². The molecule has 0 bridgehead atoms. The van der Waals surface area contributed by atoms with Gasteiger partial charge in [0.25, 0.3) is 5.69 Å². The Labute approximate surface area is 162 Å². The standard InChI is InChI=1S/C20H22N4O4/c1-13-10-15(8-9-17(13)24(27)28)22(3)12-20(26)23-14(2)11-19(25)21-16-6-4-5-7-18(16)23/h4-10,14H,11-12H2,1-3H3,(H,21,25)/t14-/m0/s1. The van der Waals surface area contributed by atoms with Crippen LogP contribution in [0.4, 0.5) is 22.7 Å². The van der Waals surface area contributed by atoms with Crippen molar-refractivity contribution >= 4 is 34.6 Å². The second kappa shape index (κ2) is 7.67. The Morgan fingerprint density at radius 2 is 2.04 bits per heavy atom. The monoisotopic (exact) mass is 382 g/mol. The molecule has 1 N–H and O–H groups in total. The average Bonchev–Trinajstić information content (AvgIpc) is 2.75. The number of hydrogen-bond acceptors (Lipinski definition) is 5. The first-order chi connectivity index (χ1) is 13.3. The molecule has 146 valence electrons. The van der Waals surface area contributed by atoms with Crippen LogP contribution in [-0.4, -0.2) is 36.4 Å². The summed E-state index contributed by atoms with van der Waals surface area (Å²) in [6.07, 6.45) is 0.209. The Bertz CT molecular complexity index is 944. The molecule has 2 aromatic rings. The van der Waals surface area contributed by atoms with Crippen molar-refractivity contribution in [1.82, 2.24) is 0 Å². The lowest BCUT2D eigenvalue weighted by atomic mass is 10.1. The largest absolute Gasteiger partial charge is 0.365 e. The van der Waals surface area contributed by atoms with Crippen LogP contribution in [0.3, 0.4) is 0 Å². The number of hydrogen-bond donors (Lipinski definition) is 1. The van der Waals surface area contributed by atoms with Gasteiger partial charge in [0.05, 0.1) is 22.8 Å². The Balaban J connectivity index is 1.85. The summed E-state index contributed by atoms with van der Waals surface area (Å²) >= 11 is 0. The fraction of sp³-hybridized carbons (Fsp3) is 0.300. The van der Waals surface area contributed by atoms with E-state index >= 15 is 0 Å².